The van der Waals surface area contributed by atoms with Crippen LogP contribution in [0, 0.1) is 0 Å². The zero-order valence-corrected chi connectivity index (χ0v) is 13.4. The Morgan fingerprint density at radius 3 is 3.17 bits per heavy atom. The van der Waals surface area contributed by atoms with Crippen LogP contribution in [0.15, 0.2) is 41.6 Å². The lowest BCUT2D eigenvalue weighted by Gasteiger charge is -2.47. The van der Waals surface area contributed by atoms with Gasteiger partial charge in [0, 0.05) is 31.2 Å². The number of carbonyl (C=O) groups is 1. The van der Waals surface area contributed by atoms with Crippen molar-refractivity contribution < 1.29 is 13.9 Å². The molecule has 2 saturated heterocycles. The molecule has 2 aliphatic rings. The van der Waals surface area contributed by atoms with Gasteiger partial charge in [-0.1, -0.05) is 6.07 Å². The molecule has 2 aromatic heterocycles. The molecule has 6 nitrogen and oxygen atoms in total. The standard InChI is InChI=1S/C16H17N3O3S/c20-15(14-7-21-11-18-14)19-9-16(10-19)4-13(8-23-16)22-6-12-2-1-3-17-5-12/h1-3,5,7,11,13H,4,6,8-10H2/t13-/m0/s1. The van der Waals surface area contributed by atoms with E-state index in [0.29, 0.717) is 12.3 Å². The van der Waals surface area contributed by atoms with Crippen molar-refractivity contribution in [2.45, 2.75) is 23.9 Å². The molecular weight excluding hydrogens is 314 g/mol. The molecule has 0 bridgehead atoms. The lowest BCUT2D eigenvalue weighted by atomic mass is 9.92. The molecule has 2 aliphatic heterocycles. The molecule has 0 N–H and O–H groups in total. The summed E-state index contributed by atoms with van der Waals surface area (Å²) >= 11 is 1.91. The van der Waals surface area contributed by atoms with Crippen LogP contribution in [0.4, 0.5) is 0 Å². The minimum absolute atomic E-state index is 0.0512. The highest BCUT2D eigenvalue weighted by Gasteiger charge is 2.51. The first-order valence-corrected chi connectivity index (χ1v) is 8.55. The number of likely N-dealkylation sites (tertiary alicyclic amines) is 1. The molecule has 120 valence electrons. The first-order valence-electron chi connectivity index (χ1n) is 7.56. The summed E-state index contributed by atoms with van der Waals surface area (Å²) in [7, 11) is 0. The smallest absolute Gasteiger partial charge is 0.275 e. The zero-order valence-electron chi connectivity index (χ0n) is 12.6. The fraction of sp³-hybridized carbons (Fsp3) is 0.438. The summed E-state index contributed by atoms with van der Waals surface area (Å²) < 4.78 is 11.0. The van der Waals surface area contributed by atoms with E-state index in [1.165, 1.54) is 12.7 Å². The van der Waals surface area contributed by atoms with Crippen molar-refractivity contribution in [3.63, 3.8) is 0 Å². The molecule has 2 fully saturated rings. The highest BCUT2D eigenvalue weighted by molar-refractivity contribution is 8.01. The molecular formula is C16H17N3O3S. The molecule has 1 atom stereocenters. The highest BCUT2D eigenvalue weighted by Crippen LogP contribution is 2.46. The van der Waals surface area contributed by atoms with E-state index in [1.54, 1.807) is 6.20 Å². The van der Waals surface area contributed by atoms with Crippen LogP contribution in [0.5, 0.6) is 0 Å². The van der Waals surface area contributed by atoms with E-state index in [0.717, 1.165) is 30.8 Å². The first-order chi connectivity index (χ1) is 11.2. The topological polar surface area (TPSA) is 68.5 Å². The van der Waals surface area contributed by atoms with Gasteiger partial charge in [-0.05, 0) is 18.1 Å². The number of hydrogen-bond donors (Lipinski definition) is 0. The van der Waals surface area contributed by atoms with E-state index in [1.807, 2.05) is 35.0 Å². The fourth-order valence-electron chi connectivity index (χ4n) is 3.10. The molecule has 1 spiro atoms. The summed E-state index contributed by atoms with van der Waals surface area (Å²) in [6, 6.07) is 3.94. The number of hydrogen-bond acceptors (Lipinski definition) is 6. The third-order valence-electron chi connectivity index (χ3n) is 4.28. The summed E-state index contributed by atoms with van der Waals surface area (Å²) in [5.74, 6) is 0.927. The summed E-state index contributed by atoms with van der Waals surface area (Å²) in [6.45, 7) is 2.11. The van der Waals surface area contributed by atoms with Crippen LogP contribution >= 0.6 is 11.8 Å². The Hall–Kier alpha value is -1.86. The second-order valence-electron chi connectivity index (χ2n) is 6.03. The Balaban J connectivity index is 1.27. The first kappa shape index (κ1) is 14.7. The number of carbonyl (C=O) groups excluding carboxylic acids is 1. The predicted molar refractivity (Wildman–Crippen MR) is 85.0 cm³/mol. The average Bonchev–Trinajstić information content (AvgIpc) is 3.22. The molecule has 4 rings (SSSR count). The van der Waals surface area contributed by atoms with Crippen LogP contribution in [-0.2, 0) is 11.3 Å². The van der Waals surface area contributed by atoms with E-state index in [4.69, 9.17) is 9.15 Å². The van der Waals surface area contributed by atoms with Crippen molar-refractivity contribution in [3.05, 3.63) is 48.4 Å². The minimum atomic E-state index is -0.0512. The van der Waals surface area contributed by atoms with Gasteiger partial charge in [-0.25, -0.2) is 4.98 Å². The lowest BCUT2D eigenvalue weighted by molar-refractivity contribution is 0.0252. The summed E-state index contributed by atoms with van der Waals surface area (Å²) in [5, 5.41) is 0. The van der Waals surface area contributed by atoms with Gasteiger partial charge in [-0.3, -0.25) is 9.78 Å². The van der Waals surface area contributed by atoms with Gasteiger partial charge in [0.25, 0.3) is 5.91 Å². The Kier molecular flexibility index (Phi) is 3.82. The van der Waals surface area contributed by atoms with Crippen molar-refractivity contribution >= 4 is 17.7 Å². The molecule has 0 aliphatic carbocycles. The Morgan fingerprint density at radius 2 is 2.43 bits per heavy atom. The molecule has 0 aromatic carbocycles. The summed E-state index contributed by atoms with van der Waals surface area (Å²) in [4.78, 5) is 22.0. The number of oxazole rings is 1. The molecule has 0 radical (unpaired) electrons. The minimum Gasteiger partial charge on any atom is -0.451 e. The van der Waals surface area contributed by atoms with Gasteiger partial charge in [-0.15, -0.1) is 11.8 Å². The van der Waals surface area contributed by atoms with Crippen LogP contribution in [-0.4, -0.2) is 50.5 Å². The highest BCUT2D eigenvalue weighted by atomic mass is 32.2. The maximum Gasteiger partial charge on any atom is 0.275 e. The second-order valence-corrected chi connectivity index (χ2v) is 7.52. The third kappa shape index (κ3) is 2.98. The van der Waals surface area contributed by atoms with Gasteiger partial charge < -0.3 is 14.1 Å². The maximum absolute atomic E-state index is 12.2. The van der Waals surface area contributed by atoms with Crippen LogP contribution in [0.2, 0.25) is 0 Å². The zero-order chi connectivity index (χ0) is 15.7. The molecule has 4 heterocycles. The Bertz CT molecular complexity index is 671. The van der Waals surface area contributed by atoms with Crippen molar-refractivity contribution in [1.82, 2.24) is 14.9 Å². The maximum atomic E-state index is 12.2. The second kappa shape index (κ2) is 5.98. The summed E-state index contributed by atoms with van der Waals surface area (Å²) in [5.41, 5.74) is 1.47. The van der Waals surface area contributed by atoms with Gasteiger partial charge in [0.15, 0.2) is 12.1 Å². The van der Waals surface area contributed by atoms with E-state index >= 15 is 0 Å². The Labute approximate surface area is 138 Å². The number of nitrogens with zero attached hydrogens (tertiary/aromatic N) is 3. The number of thioether (sulfide) groups is 1. The average molecular weight is 331 g/mol. The SMILES string of the molecule is O=C(c1cocn1)N1CC2(C[C@H](OCc3cccnc3)CS2)C1. The molecule has 0 unspecified atom stereocenters. The molecule has 1 amide bonds. The predicted octanol–water partition coefficient (Wildman–Crippen LogP) is 1.99. The normalized spacial score (nSPS) is 22.3. The van der Waals surface area contributed by atoms with Crippen molar-refractivity contribution in [2.75, 3.05) is 18.8 Å². The number of amides is 1. The quantitative estimate of drug-likeness (QED) is 0.853. The van der Waals surface area contributed by atoms with Crippen molar-refractivity contribution in [3.8, 4) is 0 Å². The van der Waals surface area contributed by atoms with Gasteiger partial charge in [0.05, 0.1) is 17.5 Å². The van der Waals surface area contributed by atoms with Crippen LogP contribution in [0.3, 0.4) is 0 Å². The van der Waals surface area contributed by atoms with Crippen molar-refractivity contribution in [1.29, 1.82) is 0 Å². The van der Waals surface area contributed by atoms with E-state index in [9.17, 15) is 4.79 Å². The fourth-order valence-corrected chi connectivity index (χ4v) is 4.65. The molecule has 2 aromatic rings. The third-order valence-corrected chi connectivity index (χ3v) is 5.86. The Morgan fingerprint density at radius 1 is 1.52 bits per heavy atom. The molecule has 0 saturated carbocycles. The van der Waals surface area contributed by atoms with Crippen LogP contribution in [0.25, 0.3) is 0 Å². The molecule has 23 heavy (non-hydrogen) atoms. The number of pyridine rings is 1. The van der Waals surface area contributed by atoms with Gasteiger partial charge in [0.1, 0.15) is 6.26 Å². The molecule has 7 heteroatoms. The van der Waals surface area contributed by atoms with Gasteiger partial charge >= 0.3 is 0 Å². The van der Waals surface area contributed by atoms with Gasteiger partial charge in [0.2, 0.25) is 0 Å². The van der Waals surface area contributed by atoms with Gasteiger partial charge in [-0.2, -0.15) is 0 Å². The van der Waals surface area contributed by atoms with E-state index < -0.39 is 0 Å². The van der Waals surface area contributed by atoms with Crippen LogP contribution < -0.4 is 0 Å². The number of ether oxygens (including phenoxy) is 1. The number of rotatable bonds is 4. The van der Waals surface area contributed by atoms with Crippen molar-refractivity contribution in [2.24, 2.45) is 0 Å². The summed E-state index contributed by atoms with van der Waals surface area (Å²) in [6.07, 6.45) is 7.51. The van der Waals surface area contributed by atoms with E-state index in [-0.39, 0.29) is 16.8 Å². The largest absolute Gasteiger partial charge is 0.451 e. The lowest BCUT2D eigenvalue weighted by Crippen LogP contribution is -2.60. The van der Waals surface area contributed by atoms with Crippen LogP contribution in [0.1, 0.15) is 22.5 Å². The van der Waals surface area contributed by atoms with E-state index in [2.05, 4.69) is 9.97 Å². The monoisotopic (exact) mass is 331 g/mol. The number of aromatic nitrogens is 2.